The lowest BCUT2D eigenvalue weighted by Crippen LogP contribution is -2.05. The van der Waals surface area contributed by atoms with Gasteiger partial charge in [0.05, 0.1) is 12.4 Å². The summed E-state index contributed by atoms with van der Waals surface area (Å²) >= 11 is 1.46. The number of nitrogens with one attached hydrogen (secondary N) is 1. The van der Waals surface area contributed by atoms with Gasteiger partial charge in [-0.05, 0) is 31.2 Å². The molecule has 1 aromatic rings. The van der Waals surface area contributed by atoms with Crippen LogP contribution in [0.3, 0.4) is 0 Å². The molecule has 0 fully saturated rings. The minimum atomic E-state index is -0.241. The van der Waals surface area contributed by atoms with Crippen molar-refractivity contribution < 1.29 is 9.13 Å². The number of halogens is 1. The van der Waals surface area contributed by atoms with Gasteiger partial charge in [0.1, 0.15) is 5.82 Å². The lowest BCUT2D eigenvalue weighted by molar-refractivity contribution is 0.322. The fourth-order valence-electron chi connectivity index (χ4n) is 0.896. The maximum atomic E-state index is 12.5. The number of ether oxygens (including phenoxy) is 1. The zero-order valence-corrected chi connectivity index (χ0v) is 8.73. The number of rotatable bonds is 4. The second kappa shape index (κ2) is 5.65. The molecular formula is C10H12FNOS. The molecule has 4 heteroatoms. The van der Waals surface area contributed by atoms with Crippen LogP contribution in [0.1, 0.15) is 6.92 Å². The third-order valence-corrected chi connectivity index (χ3v) is 2.51. The lowest BCUT2D eigenvalue weighted by Gasteiger charge is -2.04. The van der Waals surface area contributed by atoms with E-state index < -0.39 is 0 Å². The lowest BCUT2D eigenvalue weighted by atomic mass is 10.4. The summed E-state index contributed by atoms with van der Waals surface area (Å²) in [5, 5.41) is 7.36. The molecule has 0 spiro atoms. The van der Waals surface area contributed by atoms with E-state index in [2.05, 4.69) is 0 Å². The Kier molecular flexibility index (Phi) is 4.46. The molecule has 0 aliphatic carbocycles. The van der Waals surface area contributed by atoms with Crippen molar-refractivity contribution in [3.8, 4) is 0 Å². The van der Waals surface area contributed by atoms with Crippen LogP contribution < -0.4 is 0 Å². The van der Waals surface area contributed by atoms with Gasteiger partial charge in [-0.15, -0.1) is 11.8 Å². The standard InChI is InChI=1S/C10H12FNOS/c1-2-13-10(12)7-14-9-5-3-8(11)4-6-9/h3-6,12H,2,7H2,1H3. The molecule has 2 nitrogen and oxygen atoms in total. The minimum absolute atomic E-state index is 0.241. The van der Waals surface area contributed by atoms with Crippen LogP contribution >= 0.6 is 11.8 Å². The summed E-state index contributed by atoms with van der Waals surface area (Å²) in [5.41, 5.74) is 0. The molecule has 0 heterocycles. The van der Waals surface area contributed by atoms with Crippen LogP contribution in [0.25, 0.3) is 0 Å². The molecule has 1 aromatic carbocycles. The summed E-state index contributed by atoms with van der Waals surface area (Å²) in [6.45, 7) is 2.36. The fourth-order valence-corrected chi connectivity index (χ4v) is 1.61. The van der Waals surface area contributed by atoms with Crippen LogP contribution in [0.5, 0.6) is 0 Å². The van der Waals surface area contributed by atoms with Crippen LogP contribution in [0.2, 0.25) is 0 Å². The Bertz CT molecular complexity index is 299. The van der Waals surface area contributed by atoms with Crippen molar-refractivity contribution in [2.45, 2.75) is 11.8 Å². The van der Waals surface area contributed by atoms with E-state index in [4.69, 9.17) is 10.1 Å². The van der Waals surface area contributed by atoms with Crippen molar-refractivity contribution >= 4 is 17.7 Å². The van der Waals surface area contributed by atoms with Crippen molar-refractivity contribution in [1.29, 1.82) is 5.41 Å². The molecule has 1 N–H and O–H groups in total. The van der Waals surface area contributed by atoms with Gasteiger partial charge in [0.15, 0.2) is 5.90 Å². The predicted molar refractivity (Wildman–Crippen MR) is 56.5 cm³/mol. The average molecular weight is 213 g/mol. The van der Waals surface area contributed by atoms with Gasteiger partial charge in [-0.2, -0.15) is 0 Å². The molecule has 0 aliphatic rings. The summed E-state index contributed by atoms with van der Waals surface area (Å²) in [6.07, 6.45) is 0. The van der Waals surface area contributed by atoms with E-state index in [1.165, 1.54) is 23.9 Å². The summed E-state index contributed by atoms with van der Waals surface area (Å²) in [7, 11) is 0. The first-order chi connectivity index (χ1) is 6.72. The number of hydrogen-bond acceptors (Lipinski definition) is 3. The Morgan fingerprint density at radius 3 is 2.64 bits per heavy atom. The fraction of sp³-hybridized carbons (Fsp3) is 0.300. The Morgan fingerprint density at radius 1 is 1.43 bits per heavy atom. The molecular weight excluding hydrogens is 201 g/mol. The summed E-state index contributed by atoms with van der Waals surface area (Å²) in [5.74, 6) is 0.496. The van der Waals surface area contributed by atoms with Gasteiger partial charge < -0.3 is 4.74 Å². The van der Waals surface area contributed by atoms with Crippen molar-refractivity contribution in [1.82, 2.24) is 0 Å². The quantitative estimate of drug-likeness (QED) is 0.474. The predicted octanol–water partition coefficient (Wildman–Crippen LogP) is 2.93. The van der Waals surface area contributed by atoms with Gasteiger partial charge >= 0.3 is 0 Å². The molecule has 0 amide bonds. The van der Waals surface area contributed by atoms with Gasteiger partial charge in [-0.1, -0.05) is 0 Å². The van der Waals surface area contributed by atoms with Crippen LogP contribution in [-0.4, -0.2) is 18.3 Å². The van der Waals surface area contributed by atoms with Gasteiger partial charge in [0, 0.05) is 4.90 Å². The maximum Gasteiger partial charge on any atom is 0.190 e. The molecule has 76 valence electrons. The van der Waals surface area contributed by atoms with E-state index >= 15 is 0 Å². The molecule has 0 saturated carbocycles. The summed E-state index contributed by atoms with van der Waals surface area (Å²) in [6, 6.07) is 6.21. The summed E-state index contributed by atoms with van der Waals surface area (Å²) < 4.78 is 17.5. The highest BCUT2D eigenvalue weighted by molar-refractivity contribution is 8.00. The molecule has 0 unspecified atom stereocenters. The van der Waals surface area contributed by atoms with Crippen LogP contribution in [-0.2, 0) is 4.74 Å². The number of benzene rings is 1. The second-order valence-electron chi connectivity index (χ2n) is 2.60. The molecule has 0 radical (unpaired) electrons. The molecule has 0 aliphatic heterocycles. The van der Waals surface area contributed by atoms with E-state index in [-0.39, 0.29) is 11.7 Å². The monoisotopic (exact) mass is 213 g/mol. The molecule has 0 saturated heterocycles. The molecule has 0 bridgehead atoms. The van der Waals surface area contributed by atoms with E-state index in [0.29, 0.717) is 12.4 Å². The Hall–Kier alpha value is -1.03. The van der Waals surface area contributed by atoms with Crippen LogP contribution in [0, 0.1) is 11.2 Å². The normalized spacial score (nSPS) is 9.86. The van der Waals surface area contributed by atoms with Gasteiger partial charge in [0.2, 0.25) is 0 Å². The SMILES string of the molecule is CCOC(=N)CSc1ccc(F)cc1. The molecule has 0 aromatic heterocycles. The van der Waals surface area contributed by atoms with Crippen molar-refractivity contribution in [3.63, 3.8) is 0 Å². The van der Waals surface area contributed by atoms with E-state index in [0.717, 1.165) is 4.90 Å². The summed E-state index contributed by atoms with van der Waals surface area (Å²) in [4.78, 5) is 0.941. The van der Waals surface area contributed by atoms with Crippen LogP contribution in [0.4, 0.5) is 4.39 Å². The first-order valence-corrected chi connectivity index (χ1v) is 5.29. The zero-order chi connectivity index (χ0) is 10.4. The largest absolute Gasteiger partial charge is 0.481 e. The highest BCUT2D eigenvalue weighted by atomic mass is 32.2. The number of thioether (sulfide) groups is 1. The first kappa shape index (κ1) is 11.0. The zero-order valence-electron chi connectivity index (χ0n) is 7.92. The third-order valence-electron chi connectivity index (χ3n) is 1.50. The van der Waals surface area contributed by atoms with Gasteiger partial charge in [-0.3, -0.25) is 5.41 Å². The van der Waals surface area contributed by atoms with E-state index in [1.54, 1.807) is 12.1 Å². The third kappa shape index (κ3) is 3.79. The first-order valence-electron chi connectivity index (χ1n) is 4.31. The Morgan fingerprint density at radius 2 is 2.07 bits per heavy atom. The Labute approximate surface area is 87.0 Å². The number of hydrogen-bond donors (Lipinski definition) is 1. The Balaban J connectivity index is 2.38. The average Bonchev–Trinajstić information content (AvgIpc) is 2.17. The van der Waals surface area contributed by atoms with Crippen molar-refractivity contribution in [3.05, 3.63) is 30.1 Å². The van der Waals surface area contributed by atoms with E-state index in [1.807, 2.05) is 6.92 Å². The topological polar surface area (TPSA) is 33.1 Å². The van der Waals surface area contributed by atoms with Gasteiger partial charge in [0.25, 0.3) is 0 Å². The minimum Gasteiger partial charge on any atom is -0.481 e. The highest BCUT2D eigenvalue weighted by Crippen LogP contribution is 2.17. The van der Waals surface area contributed by atoms with Crippen LogP contribution in [0.15, 0.2) is 29.2 Å². The molecule has 0 atom stereocenters. The second-order valence-corrected chi connectivity index (χ2v) is 3.65. The molecule has 1 rings (SSSR count). The maximum absolute atomic E-state index is 12.5. The smallest absolute Gasteiger partial charge is 0.190 e. The highest BCUT2D eigenvalue weighted by Gasteiger charge is 1.99. The van der Waals surface area contributed by atoms with Gasteiger partial charge in [-0.25, -0.2) is 4.39 Å². The van der Waals surface area contributed by atoms with Crippen molar-refractivity contribution in [2.24, 2.45) is 0 Å². The van der Waals surface area contributed by atoms with Crippen molar-refractivity contribution in [2.75, 3.05) is 12.4 Å². The molecule has 14 heavy (non-hydrogen) atoms. The van der Waals surface area contributed by atoms with E-state index in [9.17, 15) is 4.39 Å².